The third kappa shape index (κ3) is 3.05. The van der Waals surface area contributed by atoms with Crippen LogP contribution in [0.5, 0.6) is 0 Å². The number of halogens is 4. The van der Waals surface area contributed by atoms with Crippen LogP contribution < -0.4 is 5.32 Å². The van der Waals surface area contributed by atoms with Crippen LogP contribution in [0.1, 0.15) is 9.67 Å². The number of aliphatic hydroxyl groups excluding tert-OH is 1. The molecule has 1 aromatic heterocycles. The van der Waals surface area contributed by atoms with Crippen molar-refractivity contribution in [3.8, 4) is 0 Å². The molecule has 0 bridgehead atoms. The van der Waals surface area contributed by atoms with Gasteiger partial charge in [0.15, 0.2) is 0 Å². The van der Waals surface area contributed by atoms with Gasteiger partial charge in [-0.3, -0.25) is 4.79 Å². The summed E-state index contributed by atoms with van der Waals surface area (Å²) in [5.41, 5.74) is 0. The Hall–Kier alpha value is -1.31. The Morgan fingerprint density at radius 2 is 2.15 bits per heavy atom. The van der Waals surface area contributed by atoms with Crippen molar-refractivity contribution in [2.45, 2.75) is 5.92 Å². The number of amides is 1. The zero-order chi connectivity index (χ0) is 14.9. The lowest BCUT2D eigenvalue weighted by molar-refractivity contribution is -0.0461. The number of alkyl halides is 2. The summed E-state index contributed by atoms with van der Waals surface area (Å²) in [4.78, 5) is 11.8. The molecule has 0 unspecified atom stereocenters. The number of thiophene rings is 1. The van der Waals surface area contributed by atoms with Crippen LogP contribution in [0, 0.1) is 5.82 Å². The van der Waals surface area contributed by atoms with Crippen molar-refractivity contribution in [2.75, 3.05) is 13.2 Å². The summed E-state index contributed by atoms with van der Waals surface area (Å²) in [6, 6.07) is 3.83. The summed E-state index contributed by atoms with van der Waals surface area (Å²) < 4.78 is 39.2. The van der Waals surface area contributed by atoms with Crippen LogP contribution in [-0.4, -0.2) is 30.1 Å². The number of nitrogens with one attached hydrogen (secondary N) is 1. The van der Waals surface area contributed by atoms with Crippen molar-refractivity contribution >= 4 is 38.9 Å². The molecule has 1 heterocycles. The van der Waals surface area contributed by atoms with Crippen molar-refractivity contribution < 1.29 is 23.1 Å². The van der Waals surface area contributed by atoms with Gasteiger partial charge in [-0.25, -0.2) is 13.2 Å². The Bertz CT molecular complexity index is 659. The van der Waals surface area contributed by atoms with Crippen LogP contribution in [0.2, 0.25) is 5.02 Å². The molecule has 3 nitrogen and oxygen atoms in total. The maximum absolute atomic E-state index is 13.1. The van der Waals surface area contributed by atoms with Crippen LogP contribution >= 0.6 is 22.9 Å². The first-order chi connectivity index (χ1) is 9.34. The molecule has 0 saturated carbocycles. The van der Waals surface area contributed by atoms with E-state index in [0.717, 1.165) is 11.3 Å². The van der Waals surface area contributed by atoms with Gasteiger partial charge >= 0.3 is 0 Å². The molecule has 2 aromatic rings. The molecule has 0 aliphatic carbocycles. The molecule has 1 aromatic carbocycles. The molecular weight excluding hydrogens is 315 g/mol. The first kappa shape index (κ1) is 15.1. The van der Waals surface area contributed by atoms with Gasteiger partial charge in [0.25, 0.3) is 11.8 Å². The summed E-state index contributed by atoms with van der Waals surface area (Å²) >= 11 is 6.89. The number of hydrogen-bond donors (Lipinski definition) is 2. The summed E-state index contributed by atoms with van der Waals surface area (Å²) in [7, 11) is 0. The highest BCUT2D eigenvalue weighted by Gasteiger charge is 2.29. The van der Waals surface area contributed by atoms with Gasteiger partial charge in [-0.1, -0.05) is 11.6 Å². The molecule has 0 fully saturated rings. The van der Waals surface area contributed by atoms with Gasteiger partial charge in [-0.05, 0) is 18.2 Å². The van der Waals surface area contributed by atoms with E-state index in [2.05, 4.69) is 0 Å². The molecule has 8 heteroatoms. The van der Waals surface area contributed by atoms with E-state index in [1.807, 2.05) is 5.32 Å². The van der Waals surface area contributed by atoms with Crippen molar-refractivity contribution in [1.82, 2.24) is 5.32 Å². The molecule has 1 amide bonds. The fourth-order valence-corrected chi connectivity index (χ4v) is 2.99. The van der Waals surface area contributed by atoms with Crippen molar-refractivity contribution in [3.63, 3.8) is 0 Å². The van der Waals surface area contributed by atoms with Crippen molar-refractivity contribution in [2.24, 2.45) is 0 Å². The maximum atomic E-state index is 13.1. The first-order valence-corrected chi connectivity index (χ1v) is 6.68. The number of fused-ring (bicyclic) bond motifs is 1. The monoisotopic (exact) mass is 323 g/mol. The second-order valence-electron chi connectivity index (χ2n) is 4.08. The van der Waals surface area contributed by atoms with E-state index >= 15 is 0 Å². The van der Waals surface area contributed by atoms with Gasteiger partial charge in [0, 0.05) is 10.1 Å². The maximum Gasteiger partial charge on any atom is 0.287 e. The third-order valence-electron chi connectivity index (χ3n) is 2.54. The second kappa shape index (κ2) is 5.59. The highest BCUT2D eigenvalue weighted by molar-refractivity contribution is 7.21. The average molecular weight is 324 g/mol. The van der Waals surface area contributed by atoms with Crippen LogP contribution in [0.3, 0.4) is 0 Å². The lowest BCUT2D eigenvalue weighted by Gasteiger charge is -2.13. The molecule has 0 saturated heterocycles. The quantitative estimate of drug-likeness (QED) is 0.908. The van der Waals surface area contributed by atoms with Crippen LogP contribution in [0.4, 0.5) is 13.2 Å². The molecule has 108 valence electrons. The average Bonchev–Trinajstić information content (AvgIpc) is 2.73. The largest absolute Gasteiger partial charge is 0.390 e. The highest BCUT2D eigenvalue weighted by Crippen LogP contribution is 2.35. The van der Waals surface area contributed by atoms with Gasteiger partial charge in [-0.15, -0.1) is 11.3 Å². The van der Waals surface area contributed by atoms with E-state index < -0.39 is 30.8 Å². The van der Waals surface area contributed by atoms with Gasteiger partial charge in [0.1, 0.15) is 17.3 Å². The smallest absolute Gasteiger partial charge is 0.287 e. The zero-order valence-electron chi connectivity index (χ0n) is 9.92. The Kier molecular flexibility index (Phi) is 4.22. The SMILES string of the molecule is O=C(NCC(F)(F)CO)c1sc2cc(F)ccc2c1Cl. The van der Waals surface area contributed by atoms with E-state index in [-0.39, 0.29) is 9.90 Å². The molecule has 0 radical (unpaired) electrons. The minimum Gasteiger partial charge on any atom is -0.390 e. The van der Waals surface area contributed by atoms with E-state index in [9.17, 15) is 18.0 Å². The minimum atomic E-state index is -3.40. The van der Waals surface area contributed by atoms with Gasteiger partial charge in [-0.2, -0.15) is 0 Å². The van der Waals surface area contributed by atoms with Crippen LogP contribution in [-0.2, 0) is 0 Å². The van der Waals surface area contributed by atoms with Crippen molar-refractivity contribution in [1.29, 1.82) is 0 Å². The number of rotatable bonds is 4. The molecular formula is C12H9ClF3NO2S. The fraction of sp³-hybridized carbons (Fsp3) is 0.250. The van der Waals surface area contributed by atoms with Crippen LogP contribution in [0.25, 0.3) is 10.1 Å². The lowest BCUT2D eigenvalue weighted by atomic mass is 10.2. The third-order valence-corrected chi connectivity index (χ3v) is 4.19. The first-order valence-electron chi connectivity index (χ1n) is 5.48. The molecule has 2 rings (SSSR count). The van der Waals surface area contributed by atoms with Gasteiger partial charge < -0.3 is 10.4 Å². The van der Waals surface area contributed by atoms with Gasteiger partial charge in [0.05, 0.1) is 11.6 Å². The predicted molar refractivity (Wildman–Crippen MR) is 71.2 cm³/mol. The van der Waals surface area contributed by atoms with E-state index in [4.69, 9.17) is 16.7 Å². The summed E-state index contributed by atoms with van der Waals surface area (Å²) in [5.74, 6) is -4.66. The Morgan fingerprint density at radius 1 is 1.45 bits per heavy atom. The number of carbonyl (C=O) groups is 1. The normalized spacial score (nSPS) is 11.8. The standard InChI is InChI=1S/C12H9ClF3NO2S/c13-9-7-2-1-6(14)3-8(7)20-10(9)11(19)17-4-12(15,16)5-18/h1-3,18H,4-5H2,(H,17,19). The Labute approximate surface area is 121 Å². The molecule has 2 N–H and O–H groups in total. The number of carbonyl (C=O) groups excluding carboxylic acids is 1. The number of benzene rings is 1. The van der Waals surface area contributed by atoms with Crippen LogP contribution in [0.15, 0.2) is 18.2 Å². The summed E-state index contributed by atoms with van der Waals surface area (Å²) in [6.45, 7) is -2.36. The topological polar surface area (TPSA) is 49.3 Å². The summed E-state index contributed by atoms with van der Waals surface area (Å²) in [6.07, 6.45) is 0. The molecule has 0 spiro atoms. The molecule has 0 aliphatic rings. The zero-order valence-corrected chi connectivity index (χ0v) is 11.5. The van der Waals surface area contributed by atoms with Gasteiger partial charge in [0.2, 0.25) is 0 Å². The van der Waals surface area contributed by atoms with E-state index in [1.165, 1.54) is 18.2 Å². The Balaban J connectivity index is 2.24. The number of aliphatic hydroxyl groups is 1. The Morgan fingerprint density at radius 3 is 2.80 bits per heavy atom. The van der Waals surface area contributed by atoms with E-state index in [0.29, 0.717) is 10.1 Å². The second-order valence-corrected chi connectivity index (χ2v) is 5.51. The minimum absolute atomic E-state index is 0.0287. The molecule has 0 atom stereocenters. The predicted octanol–water partition coefficient (Wildman–Crippen LogP) is 3.05. The highest BCUT2D eigenvalue weighted by atomic mass is 35.5. The lowest BCUT2D eigenvalue weighted by Crippen LogP contribution is -2.38. The molecule has 20 heavy (non-hydrogen) atoms. The fourth-order valence-electron chi connectivity index (χ4n) is 1.53. The van der Waals surface area contributed by atoms with E-state index in [1.54, 1.807) is 0 Å². The van der Waals surface area contributed by atoms with Crippen molar-refractivity contribution in [3.05, 3.63) is 33.9 Å². The number of hydrogen-bond acceptors (Lipinski definition) is 3. The molecule has 0 aliphatic heterocycles. The summed E-state index contributed by atoms with van der Waals surface area (Å²) in [5, 5.41) is 11.0.